The fraction of sp³-hybridized carbons (Fsp3) is 0.542. The molecule has 4 rings (SSSR count). The van der Waals surface area contributed by atoms with Gasteiger partial charge in [0.25, 0.3) is 5.91 Å². The molecule has 32 heavy (non-hydrogen) atoms. The van der Waals surface area contributed by atoms with Gasteiger partial charge in [-0.2, -0.15) is 0 Å². The number of piperazine rings is 1. The molecule has 2 fully saturated rings. The zero-order valence-corrected chi connectivity index (χ0v) is 19.6. The predicted molar refractivity (Wildman–Crippen MR) is 125 cm³/mol. The van der Waals surface area contributed by atoms with Crippen LogP contribution in [0, 0.1) is 5.92 Å². The van der Waals surface area contributed by atoms with E-state index in [1.165, 1.54) is 5.01 Å². The van der Waals surface area contributed by atoms with Crippen LogP contribution in [0.3, 0.4) is 0 Å². The van der Waals surface area contributed by atoms with Gasteiger partial charge in [0.1, 0.15) is 5.75 Å². The molecule has 0 radical (unpaired) electrons. The van der Waals surface area contributed by atoms with Gasteiger partial charge in [0.05, 0.1) is 10.7 Å². The van der Waals surface area contributed by atoms with Gasteiger partial charge in [0.2, 0.25) is 5.91 Å². The van der Waals surface area contributed by atoms with Crippen LogP contribution in [0.4, 0.5) is 0 Å². The van der Waals surface area contributed by atoms with E-state index in [1.54, 1.807) is 11.3 Å². The van der Waals surface area contributed by atoms with E-state index in [0.29, 0.717) is 18.8 Å². The van der Waals surface area contributed by atoms with Crippen LogP contribution >= 0.6 is 11.3 Å². The van der Waals surface area contributed by atoms with E-state index in [0.717, 1.165) is 57.7 Å². The molecular formula is C24H32N4O3S. The molecule has 2 aliphatic heterocycles. The summed E-state index contributed by atoms with van der Waals surface area (Å²) in [5.41, 5.74) is 1.14. The monoisotopic (exact) mass is 456 g/mol. The highest BCUT2D eigenvalue weighted by molar-refractivity contribution is 7.09. The maximum absolute atomic E-state index is 13.0. The SMILES string of the molecule is CCc1nc(CN2CCN(C(=O)C3CCN(C(=O)COc4ccccc4)CC3)CC2)cs1. The normalized spacial score (nSPS) is 18.0. The maximum atomic E-state index is 13.0. The lowest BCUT2D eigenvalue weighted by Crippen LogP contribution is -2.51. The van der Waals surface area contributed by atoms with Crippen molar-refractivity contribution in [3.8, 4) is 5.75 Å². The molecule has 3 heterocycles. The van der Waals surface area contributed by atoms with Crippen molar-refractivity contribution in [2.24, 2.45) is 5.92 Å². The van der Waals surface area contributed by atoms with Crippen molar-refractivity contribution in [2.45, 2.75) is 32.7 Å². The second-order valence-electron chi connectivity index (χ2n) is 8.44. The van der Waals surface area contributed by atoms with E-state index in [4.69, 9.17) is 4.74 Å². The number of carbonyl (C=O) groups is 2. The molecule has 0 saturated carbocycles. The fourth-order valence-electron chi connectivity index (χ4n) is 4.33. The molecule has 1 aromatic heterocycles. The maximum Gasteiger partial charge on any atom is 0.260 e. The number of nitrogens with zero attached hydrogens (tertiary/aromatic N) is 4. The molecule has 2 amide bonds. The van der Waals surface area contributed by atoms with Gasteiger partial charge in [-0.05, 0) is 31.4 Å². The number of carbonyl (C=O) groups excluding carboxylic acids is 2. The lowest BCUT2D eigenvalue weighted by Gasteiger charge is -2.38. The van der Waals surface area contributed by atoms with Gasteiger partial charge >= 0.3 is 0 Å². The number of hydrogen-bond acceptors (Lipinski definition) is 6. The molecular weight excluding hydrogens is 424 g/mol. The number of likely N-dealkylation sites (tertiary alicyclic amines) is 1. The molecule has 0 aliphatic carbocycles. The highest BCUT2D eigenvalue weighted by atomic mass is 32.1. The van der Waals surface area contributed by atoms with Crippen molar-refractivity contribution in [3.63, 3.8) is 0 Å². The minimum atomic E-state index is -0.0124. The van der Waals surface area contributed by atoms with Crippen LogP contribution in [0.1, 0.15) is 30.5 Å². The van der Waals surface area contributed by atoms with Crippen LogP contribution in [-0.4, -0.2) is 77.4 Å². The standard InChI is InChI=1S/C24H32N4O3S/c1-2-22-25-20(18-32-22)16-26-12-14-28(15-13-26)24(30)19-8-10-27(11-9-19)23(29)17-31-21-6-4-3-5-7-21/h3-7,18-19H,2,8-17H2,1H3. The summed E-state index contributed by atoms with van der Waals surface area (Å²) in [7, 11) is 0. The van der Waals surface area contributed by atoms with Crippen molar-refractivity contribution < 1.29 is 14.3 Å². The van der Waals surface area contributed by atoms with E-state index < -0.39 is 0 Å². The third kappa shape index (κ3) is 5.86. The van der Waals surface area contributed by atoms with Crippen LogP contribution in [-0.2, 0) is 22.6 Å². The van der Waals surface area contributed by atoms with Crippen LogP contribution in [0.25, 0.3) is 0 Å². The highest BCUT2D eigenvalue weighted by Crippen LogP contribution is 2.21. The summed E-state index contributed by atoms with van der Waals surface area (Å²) in [6, 6.07) is 9.38. The minimum absolute atomic E-state index is 0.0124. The van der Waals surface area contributed by atoms with Gasteiger partial charge in [-0.25, -0.2) is 4.98 Å². The molecule has 7 nitrogen and oxygen atoms in total. The first kappa shape index (κ1) is 22.7. The van der Waals surface area contributed by atoms with E-state index in [2.05, 4.69) is 22.2 Å². The molecule has 2 aromatic rings. The number of ether oxygens (including phenoxy) is 1. The highest BCUT2D eigenvalue weighted by Gasteiger charge is 2.31. The Morgan fingerprint density at radius 3 is 2.41 bits per heavy atom. The third-order valence-corrected chi connectivity index (χ3v) is 7.32. The Morgan fingerprint density at radius 2 is 1.75 bits per heavy atom. The van der Waals surface area contributed by atoms with E-state index in [-0.39, 0.29) is 24.3 Å². The number of aromatic nitrogens is 1. The number of hydrogen-bond donors (Lipinski definition) is 0. The molecule has 2 aliphatic rings. The molecule has 0 atom stereocenters. The summed E-state index contributed by atoms with van der Waals surface area (Å²) in [4.78, 5) is 36.3. The van der Waals surface area contributed by atoms with Crippen molar-refractivity contribution in [1.82, 2.24) is 19.7 Å². The summed E-state index contributed by atoms with van der Waals surface area (Å²) in [5.74, 6) is 0.956. The van der Waals surface area contributed by atoms with E-state index in [1.807, 2.05) is 40.1 Å². The number of thiazole rings is 1. The molecule has 0 spiro atoms. The number of aryl methyl sites for hydroxylation is 1. The first-order chi connectivity index (χ1) is 15.6. The number of piperidine rings is 1. The van der Waals surface area contributed by atoms with Crippen molar-refractivity contribution in [2.75, 3.05) is 45.9 Å². The first-order valence-electron chi connectivity index (χ1n) is 11.5. The van der Waals surface area contributed by atoms with E-state index in [9.17, 15) is 9.59 Å². The summed E-state index contributed by atoms with van der Waals surface area (Å²) >= 11 is 1.73. The van der Waals surface area contributed by atoms with Gasteiger partial charge in [0, 0.05) is 57.1 Å². The molecule has 172 valence electrons. The Hall–Kier alpha value is -2.45. The summed E-state index contributed by atoms with van der Waals surface area (Å²) in [5, 5.41) is 3.33. The largest absolute Gasteiger partial charge is 0.484 e. The Balaban J connectivity index is 1.17. The van der Waals surface area contributed by atoms with Crippen molar-refractivity contribution in [3.05, 3.63) is 46.4 Å². The number of rotatable bonds is 7. The molecule has 1 aromatic carbocycles. The second kappa shape index (κ2) is 10.9. The van der Waals surface area contributed by atoms with Gasteiger partial charge < -0.3 is 14.5 Å². The zero-order chi connectivity index (χ0) is 22.3. The lowest BCUT2D eigenvalue weighted by molar-refractivity contribution is -0.142. The summed E-state index contributed by atoms with van der Waals surface area (Å²) in [6.07, 6.45) is 2.45. The van der Waals surface area contributed by atoms with Crippen LogP contribution in [0.5, 0.6) is 5.75 Å². The number of benzene rings is 1. The van der Waals surface area contributed by atoms with Gasteiger partial charge in [-0.3, -0.25) is 14.5 Å². The number of amides is 2. The zero-order valence-electron chi connectivity index (χ0n) is 18.7. The van der Waals surface area contributed by atoms with Crippen LogP contribution < -0.4 is 4.74 Å². The molecule has 0 N–H and O–H groups in total. The molecule has 0 bridgehead atoms. The minimum Gasteiger partial charge on any atom is -0.484 e. The van der Waals surface area contributed by atoms with Crippen molar-refractivity contribution in [1.29, 1.82) is 0 Å². The Morgan fingerprint density at radius 1 is 1.03 bits per heavy atom. The average Bonchev–Trinajstić information content (AvgIpc) is 3.31. The van der Waals surface area contributed by atoms with Gasteiger partial charge in [-0.15, -0.1) is 11.3 Å². The van der Waals surface area contributed by atoms with Crippen LogP contribution in [0.2, 0.25) is 0 Å². The summed E-state index contributed by atoms with van der Waals surface area (Å²) in [6.45, 7) is 7.60. The quantitative estimate of drug-likeness (QED) is 0.641. The van der Waals surface area contributed by atoms with E-state index >= 15 is 0 Å². The van der Waals surface area contributed by atoms with Gasteiger partial charge in [0.15, 0.2) is 6.61 Å². The Kier molecular flexibility index (Phi) is 7.76. The molecule has 0 unspecified atom stereocenters. The lowest BCUT2D eigenvalue weighted by atomic mass is 9.95. The first-order valence-corrected chi connectivity index (χ1v) is 12.4. The predicted octanol–water partition coefficient (Wildman–Crippen LogP) is 2.67. The van der Waals surface area contributed by atoms with Crippen LogP contribution in [0.15, 0.2) is 35.7 Å². The number of para-hydroxylation sites is 1. The Bertz CT molecular complexity index is 888. The third-order valence-electron chi connectivity index (χ3n) is 6.27. The second-order valence-corrected chi connectivity index (χ2v) is 9.39. The Labute approximate surface area is 194 Å². The smallest absolute Gasteiger partial charge is 0.260 e. The van der Waals surface area contributed by atoms with Gasteiger partial charge in [-0.1, -0.05) is 25.1 Å². The fourth-order valence-corrected chi connectivity index (χ4v) is 5.06. The average molecular weight is 457 g/mol. The molecule has 8 heteroatoms. The topological polar surface area (TPSA) is 66.0 Å². The molecule has 2 saturated heterocycles. The summed E-state index contributed by atoms with van der Waals surface area (Å²) < 4.78 is 5.58. The van der Waals surface area contributed by atoms with Crippen molar-refractivity contribution >= 4 is 23.2 Å².